The molecule has 0 aromatic heterocycles. The van der Waals surface area contributed by atoms with Gasteiger partial charge in [-0.25, -0.2) is 8.78 Å². The van der Waals surface area contributed by atoms with Gasteiger partial charge in [0.15, 0.2) is 0 Å². The smallest absolute Gasteiger partial charge is 0.254 e. The molecule has 1 aromatic carbocycles. The zero-order valence-corrected chi connectivity index (χ0v) is 8.13. The van der Waals surface area contributed by atoms with Gasteiger partial charge < -0.3 is 10.4 Å². The molecule has 0 fully saturated rings. The Bertz CT molecular complexity index is 368. The van der Waals surface area contributed by atoms with Crippen LogP contribution in [0.2, 0.25) is 0 Å². The second-order valence-electron chi connectivity index (χ2n) is 3.18. The molecule has 0 saturated carbocycles. The first-order valence-electron chi connectivity index (χ1n) is 4.41. The largest absolute Gasteiger partial charge is 0.394 e. The Morgan fingerprint density at radius 2 is 2.20 bits per heavy atom. The lowest BCUT2D eigenvalue weighted by molar-refractivity contribution is 0.0917. The number of benzene rings is 1. The second-order valence-corrected chi connectivity index (χ2v) is 3.18. The van der Waals surface area contributed by atoms with Gasteiger partial charge in [-0.05, 0) is 25.1 Å². The second kappa shape index (κ2) is 4.84. The van der Waals surface area contributed by atoms with Crippen molar-refractivity contribution in [2.24, 2.45) is 0 Å². The quantitative estimate of drug-likeness (QED) is 0.792. The van der Waals surface area contributed by atoms with Gasteiger partial charge in [0, 0.05) is 6.04 Å². The van der Waals surface area contributed by atoms with Gasteiger partial charge in [0.2, 0.25) is 0 Å². The van der Waals surface area contributed by atoms with Gasteiger partial charge in [0.05, 0.1) is 12.2 Å². The maximum Gasteiger partial charge on any atom is 0.254 e. The summed E-state index contributed by atoms with van der Waals surface area (Å²) in [7, 11) is 0. The van der Waals surface area contributed by atoms with E-state index in [1.807, 2.05) is 0 Å². The van der Waals surface area contributed by atoms with Crippen LogP contribution >= 0.6 is 0 Å². The summed E-state index contributed by atoms with van der Waals surface area (Å²) < 4.78 is 25.8. The van der Waals surface area contributed by atoms with Crippen molar-refractivity contribution < 1.29 is 18.7 Å². The summed E-state index contributed by atoms with van der Waals surface area (Å²) in [6.07, 6.45) is 0. The molecule has 3 nitrogen and oxygen atoms in total. The normalized spacial score (nSPS) is 12.3. The van der Waals surface area contributed by atoms with Crippen molar-refractivity contribution in [3.05, 3.63) is 35.4 Å². The van der Waals surface area contributed by atoms with E-state index in [1.165, 1.54) is 0 Å². The van der Waals surface area contributed by atoms with E-state index < -0.39 is 23.6 Å². The van der Waals surface area contributed by atoms with E-state index in [-0.39, 0.29) is 12.2 Å². The number of rotatable bonds is 3. The number of carbonyl (C=O) groups is 1. The van der Waals surface area contributed by atoms with Crippen molar-refractivity contribution in [1.29, 1.82) is 0 Å². The van der Waals surface area contributed by atoms with E-state index in [0.29, 0.717) is 0 Å². The molecule has 82 valence electrons. The number of nitrogens with one attached hydrogen (secondary N) is 1. The average molecular weight is 215 g/mol. The minimum Gasteiger partial charge on any atom is -0.394 e. The van der Waals surface area contributed by atoms with Crippen molar-refractivity contribution in [3.8, 4) is 0 Å². The molecule has 2 N–H and O–H groups in total. The molecule has 0 saturated heterocycles. The van der Waals surface area contributed by atoms with Gasteiger partial charge in [-0.15, -0.1) is 0 Å². The average Bonchev–Trinajstić information content (AvgIpc) is 2.21. The highest BCUT2D eigenvalue weighted by Gasteiger charge is 2.14. The number of hydrogen-bond acceptors (Lipinski definition) is 2. The van der Waals surface area contributed by atoms with Gasteiger partial charge in [-0.2, -0.15) is 0 Å². The first-order valence-corrected chi connectivity index (χ1v) is 4.41. The fourth-order valence-electron chi connectivity index (χ4n) is 1.02. The third-order valence-electron chi connectivity index (χ3n) is 1.82. The molecule has 0 aliphatic carbocycles. The minimum absolute atomic E-state index is 0.261. The van der Waals surface area contributed by atoms with Crippen LogP contribution in [0, 0.1) is 11.6 Å². The van der Waals surface area contributed by atoms with E-state index in [2.05, 4.69) is 5.32 Å². The van der Waals surface area contributed by atoms with Gasteiger partial charge in [-0.1, -0.05) is 0 Å². The molecular formula is C10H11F2NO2. The molecule has 1 aromatic rings. The predicted octanol–water partition coefficient (Wildman–Crippen LogP) is 1.08. The summed E-state index contributed by atoms with van der Waals surface area (Å²) in [4.78, 5) is 11.4. The minimum atomic E-state index is -0.793. The van der Waals surface area contributed by atoms with Crippen molar-refractivity contribution in [2.45, 2.75) is 13.0 Å². The highest BCUT2D eigenvalue weighted by Crippen LogP contribution is 2.09. The zero-order chi connectivity index (χ0) is 11.4. The first-order chi connectivity index (χ1) is 7.04. The van der Waals surface area contributed by atoms with Crippen LogP contribution in [0.25, 0.3) is 0 Å². The molecule has 0 radical (unpaired) electrons. The number of amides is 1. The summed E-state index contributed by atoms with van der Waals surface area (Å²) in [5, 5.41) is 11.0. The van der Waals surface area contributed by atoms with Gasteiger partial charge in [-0.3, -0.25) is 4.79 Å². The highest BCUT2D eigenvalue weighted by molar-refractivity contribution is 5.94. The van der Waals surface area contributed by atoms with Crippen molar-refractivity contribution >= 4 is 5.91 Å². The Labute approximate surface area is 85.7 Å². The number of hydrogen-bond donors (Lipinski definition) is 2. The summed E-state index contributed by atoms with van der Waals surface area (Å²) in [6.45, 7) is 1.29. The van der Waals surface area contributed by atoms with Gasteiger partial charge in [0.1, 0.15) is 11.6 Å². The Kier molecular flexibility index (Phi) is 3.74. The van der Waals surface area contributed by atoms with E-state index in [1.54, 1.807) is 6.92 Å². The molecule has 0 aliphatic rings. The summed E-state index contributed by atoms with van der Waals surface area (Å²) in [5.74, 6) is -2.22. The fourth-order valence-corrected chi connectivity index (χ4v) is 1.02. The lowest BCUT2D eigenvalue weighted by Gasteiger charge is -2.10. The van der Waals surface area contributed by atoms with E-state index in [0.717, 1.165) is 18.2 Å². The molecule has 0 spiro atoms. The monoisotopic (exact) mass is 215 g/mol. The fraction of sp³-hybridized carbons (Fsp3) is 0.300. The number of aliphatic hydroxyl groups excluding tert-OH is 1. The molecule has 15 heavy (non-hydrogen) atoms. The summed E-state index contributed by atoms with van der Waals surface area (Å²) in [6, 6.07) is 2.13. The van der Waals surface area contributed by atoms with Crippen LogP contribution in [0.4, 0.5) is 8.78 Å². The van der Waals surface area contributed by atoms with Crippen LogP contribution in [-0.4, -0.2) is 23.7 Å². The van der Waals surface area contributed by atoms with E-state index in [9.17, 15) is 13.6 Å². The molecule has 1 atom stereocenters. The number of aliphatic hydroxyl groups is 1. The lowest BCUT2D eigenvalue weighted by Crippen LogP contribution is -2.35. The molecule has 0 heterocycles. The van der Waals surface area contributed by atoms with Crippen LogP contribution in [0.15, 0.2) is 18.2 Å². The Morgan fingerprint density at radius 3 is 2.80 bits per heavy atom. The maximum absolute atomic E-state index is 13.1. The van der Waals surface area contributed by atoms with Crippen molar-refractivity contribution in [1.82, 2.24) is 5.32 Å². The van der Waals surface area contributed by atoms with Crippen LogP contribution in [0.5, 0.6) is 0 Å². The molecule has 0 aliphatic heterocycles. The first kappa shape index (κ1) is 11.6. The Balaban J connectivity index is 2.86. The van der Waals surface area contributed by atoms with Crippen molar-refractivity contribution in [3.63, 3.8) is 0 Å². The van der Waals surface area contributed by atoms with E-state index >= 15 is 0 Å². The molecule has 1 rings (SSSR count). The van der Waals surface area contributed by atoms with Crippen LogP contribution in [0.1, 0.15) is 17.3 Å². The maximum atomic E-state index is 13.1. The molecule has 0 unspecified atom stereocenters. The summed E-state index contributed by atoms with van der Waals surface area (Å²) >= 11 is 0. The van der Waals surface area contributed by atoms with Gasteiger partial charge in [0.25, 0.3) is 5.91 Å². The molecule has 1 amide bonds. The Morgan fingerprint density at radius 1 is 1.53 bits per heavy atom. The third kappa shape index (κ3) is 2.99. The SMILES string of the molecule is C[C@@H](CO)NC(=O)c1cc(F)ccc1F. The molecule has 5 heteroatoms. The van der Waals surface area contributed by atoms with Crippen LogP contribution < -0.4 is 5.32 Å². The van der Waals surface area contributed by atoms with Crippen molar-refractivity contribution in [2.75, 3.05) is 6.61 Å². The van der Waals surface area contributed by atoms with Crippen LogP contribution in [-0.2, 0) is 0 Å². The molecule has 0 bridgehead atoms. The lowest BCUT2D eigenvalue weighted by atomic mass is 10.2. The van der Waals surface area contributed by atoms with E-state index in [4.69, 9.17) is 5.11 Å². The topological polar surface area (TPSA) is 49.3 Å². The summed E-state index contributed by atoms with van der Waals surface area (Å²) in [5.41, 5.74) is -0.365. The zero-order valence-electron chi connectivity index (χ0n) is 8.13. The highest BCUT2D eigenvalue weighted by atomic mass is 19.1. The Hall–Kier alpha value is -1.49. The standard InChI is InChI=1S/C10H11F2NO2/c1-6(5-14)13-10(15)8-4-7(11)2-3-9(8)12/h2-4,6,14H,5H2,1H3,(H,13,15)/t6-/m0/s1. The number of carbonyl (C=O) groups excluding carboxylic acids is 1. The predicted molar refractivity (Wildman–Crippen MR) is 50.4 cm³/mol. The molecular weight excluding hydrogens is 204 g/mol. The third-order valence-corrected chi connectivity index (χ3v) is 1.82. The van der Waals surface area contributed by atoms with Gasteiger partial charge >= 0.3 is 0 Å². The van der Waals surface area contributed by atoms with Crippen LogP contribution in [0.3, 0.4) is 0 Å². The number of halogens is 2.